The Morgan fingerprint density at radius 1 is 1.33 bits per heavy atom. The Labute approximate surface area is 118 Å². The van der Waals surface area contributed by atoms with Crippen LogP contribution in [-0.4, -0.2) is 53.6 Å². The second kappa shape index (κ2) is 4.42. The molecule has 1 aromatic heterocycles. The number of pyridine rings is 1. The fraction of sp³-hybridized carbons (Fsp3) is 0.357. The van der Waals surface area contributed by atoms with E-state index in [0.717, 1.165) is 18.5 Å². The van der Waals surface area contributed by atoms with Gasteiger partial charge in [-0.25, -0.2) is 0 Å². The van der Waals surface area contributed by atoms with Crippen molar-refractivity contribution in [1.82, 2.24) is 10.3 Å². The minimum atomic E-state index is -0.625. The first kappa shape index (κ1) is 11.1. The van der Waals surface area contributed by atoms with E-state index in [0.29, 0.717) is 0 Å². The van der Waals surface area contributed by atoms with E-state index in [1.807, 2.05) is 12.4 Å². The number of nitrogens with one attached hydrogen (secondary N) is 1. The predicted octanol–water partition coefficient (Wildman–Crippen LogP) is 1.06. The molecular weight excluding hydrogens is 325 g/mol. The molecule has 18 heavy (non-hydrogen) atoms. The Balaban J connectivity index is 1.59. The first-order chi connectivity index (χ1) is 8.90. The molecule has 2 atom stereocenters. The van der Waals surface area contributed by atoms with Crippen molar-refractivity contribution in [3.63, 3.8) is 0 Å². The molecule has 89 valence electrons. The van der Waals surface area contributed by atoms with E-state index in [9.17, 15) is 0 Å². The van der Waals surface area contributed by atoms with Gasteiger partial charge in [0.15, 0.2) is 0 Å². The first-order valence-electron chi connectivity index (χ1n) is 6.55. The van der Waals surface area contributed by atoms with Crippen molar-refractivity contribution in [2.45, 2.75) is 6.04 Å². The SMILES string of the molecule is C1=[CH][In][C](c2cncc(N3C[C@@H]4CN[C@@H]4C3)c2)=C1. The Morgan fingerprint density at radius 2 is 2.33 bits per heavy atom. The van der Waals surface area contributed by atoms with Crippen LogP contribution >= 0.6 is 0 Å². The van der Waals surface area contributed by atoms with Crippen LogP contribution in [0.5, 0.6) is 0 Å². The van der Waals surface area contributed by atoms with Crippen molar-refractivity contribution >= 4 is 31.9 Å². The van der Waals surface area contributed by atoms with Crippen LogP contribution in [0.3, 0.4) is 0 Å². The van der Waals surface area contributed by atoms with Crippen LogP contribution in [0.15, 0.2) is 34.4 Å². The average molecular weight is 340 g/mol. The molecule has 0 spiro atoms. The number of hydrogen-bond acceptors (Lipinski definition) is 3. The maximum absolute atomic E-state index is 4.44. The topological polar surface area (TPSA) is 28.2 Å². The summed E-state index contributed by atoms with van der Waals surface area (Å²) in [4.78, 5) is 6.93. The molecule has 2 saturated heterocycles. The second-order valence-electron chi connectivity index (χ2n) is 5.29. The van der Waals surface area contributed by atoms with Crippen molar-refractivity contribution < 1.29 is 0 Å². The molecule has 0 aliphatic carbocycles. The summed E-state index contributed by atoms with van der Waals surface area (Å²) in [5.41, 5.74) is 2.66. The monoisotopic (exact) mass is 340 g/mol. The molecular formula is C14H15InN3. The summed E-state index contributed by atoms with van der Waals surface area (Å²) >= 11 is -0.625. The number of nitrogens with zero attached hydrogens (tertiary/aromatic N) is 2. The van der Waals surface area contributed by atoms with Gasteiger partial charge >= 0.3 is 119 Å². The molecule has 0 unspecified atom stereocenters. The molecule has 0 aromatic carbocycles. The number of aromatic nitrogens is 1. The summed E-state index contributed by atoms with van der Waals surface area (Å²) in [6.45, 7) is 3.54. The average Bonchev–Trinajstić information content (AvgIpc) is 2.99. The van der Waals surface area contributed by atoms with Crippen molar-refractivity contribution in [3.8, 4) is 0 Å². The Bertz CT molecular complexity index is 526. The first-order valence-corrected chi connectivity index (χ1v) is 10.1. The standard InChI is InChI=1S/C14H15N3.In/c1-2-3-4-11-5-13(8-15-6-11)17-9-12-7-16-14(12)10-17;/h1-3,5-6,8,12,14,16H,7,9-10H2;/t12-,14+;/m0./s1. The van der Waals surface area contributed by atoms with E-state index in [1.165, 1.54) is 24.3 Å². The second-order valence-corrected chi connectivity index (χ2v) is 9.11. The number of anilines is 1. The maximum atomic E-state index is 4.44. The van der Waals surface area contributed by atoms with Crippen molar-refractivity contribution in [2.24, 2.45) is 5.92 Å². The fourth-order valence-corrected chi connectivity index (χ4v) is 5.85. The molecule has 0 bridgehead atoms. The van der Waals surface area contributed by atoms with Gasteiger partial charge in [-0.15, -0.1) is 0 Å². The van der Waals surface area contributed by atoms with E-state index in [2.05, 4.69) is 37.3 Å². The Morgan fingerprint density at radius 3 is 3.00 bits per heavy atom. The van der Waals surface area contributed by atoms with E-state index < -0.39 is 22.9 Å². The zero-order valence-electron chi connectivity index (χ0n) is 10.2. The van der Waals surface area contributed by atoms with Crippen LogP contribution in [-0.2, 0) is 0 Å². The van der Waals surface area contributed by atoms with Gasteiger partial charge in [0, 0.05) is 0 Å². The van der Waals surface area contributed by atoms with E-state index in [-0.39, 0.29) is 0 Å². The minimum absolute atomic E-state index is 0.625. The molecule has 3 aliphatic heterocycles. The molecule has 1 N–H and O–H groups in total. The van der Waals surface area contributed by atoms with Crippen LogP contribution in [0, 0.1) is 5.92 Å². The van der Waals surface area contributed by atoms with Gasteiger partial charge < -0.3 is 0 Å². The molecule has 0 saturated carbocycles. The van der Waals surface area contributed by atoms with E-state index >= 15 is 0 Å². The van der Waals surface area contributed by atoms with Crippen molar-refractivity contribution in [1.29, 1.82) is 0 Å². The zero-order valence-corrected chi connectivity index (χ0v) is 13.5. The van der Waals surface area contributed by atoms with Crippen molar-refractivity contribution in [3.05, 3.63) is 40.0 Å². The van der Waals surface area contributed by atoms with E-state index in [1.54, 1.807) is 3.33 Å². The summed E-state index contributed by atoms with van der Waals surface area (Å²) in [5, 5.41) is 3.50. The van der Waals surface area contributed by atoms with E-state index in [4.69, 9.17) is 0 Å². The van der Waals surface area contributed by atoms with Gasteiger partial charge in [0.2, 0.25) is 0 Å². The zero-order chi connectivity index (χ0) is 11.9. The molecule has 2 fully saturated rings. The van der Waals surface area contributed by atoms with Gasteiger partial charge in [-0.1, -0.05) is 0 Å². The van der Waals surface area contributed by atoms with Crippen LogP contribution in [0.2, 0.25) is 0 Å². The quantitative estimate of drug-likeness (QED) is 0.873. The molecule has 4 heteroatoms. The van der Waals surface area contributed by atoms with Gasteiger partial charge in [-0.05, 0) is 0 Å². The summed E-state index contributed by atoms with van der Waals surface area (Å²) in [5.74, 6) is 0.860. The fourth-order valence-electron chi connectivity index (χ4n) is 2.99. The third kappa shape index (κ3) is 1.82. The number of allylic oxidation sites excluding steroid dienone is 2. The summed E-state index contributed by atoms with van der Waals surface area (Å²) in [6.07, 6.45) is 8.53. The molecule has 3 aliphatic rings. The van der Waals surface area contributed by atoms with Gasteiger partial charge in [0.25, 0.3) is 0 Å². The van der Waals surface area contributed by atoms with Crippen LogP contribution in [0.1, 0.15) is 5.56 Å². The molecule has 4 rings (SSSR count). The molecule has 0 amide bonds. The van der Waals surface area contributed by atoms with Gasteiger partial charge in [0.05, 0.1) is 0 Å². The van der Waals surface area contributed by atoms with Crippen LogP contribution in [0.4, 0.5) is 5.69 Å². The third-order valence-corrected chi connectivity index (χ3v) is 7.88. The third-order valence-electron chi connectivity index (χ3n) is 4.17. The van der Waals surface area contributed by atoms with Gasteiger partial charge in [-0.2, -0.15) is 0 Å². The summed E-state index contributed by atoms with van der Waals surface area (Å²) in [6, 6.07) is 3.06. The Kier molecular flexibility index (Phi) is 2.73. The number of hydrogen-bond donors (Lipinski definition) is 1. The number of fused-ring (bicyclic) bond motifs is 1. The Hall–Kier alpha value is -0.740. The van der Waals surface area contributed by atoms with Crippen LogP contribution < -0.4 is 10.2 Å². The summed E-state index contributed by atoms with van der Waals surface area (Å²) in [7, 11) is 0. The van der Waals surface area contributed by atoms with Crippen LogP contribution in [0.25, 0.3) is 3.33 Å². The predicted molar refractivity (Wildman–Crippen MR) is 74.6 cm³/mol. The number of rotatable bonds is 2. The molecule has 1 aromatic rings. The normalized spacial score (nSPS) is 28.7. The van der Waals surface area contributed by atoms with Gasteiger partial charge in [0.1, 0.15) is 0 Å². The molecule has 1 radical (unpaired) electrons. The summed E-state index contributed by atoms with van der Waals surface area (Å²) < 4.78 is 3.96. The van der Waals surface area contributed by atoms with Crippen molar-refractivity contribution in [2.75, 3.05) is 24.5 Å². The van der Waals surface area contributed by atoms with Gasteiger partial charge in [-0.3, -0.25) is 0 Å². The molecule has 4 heterocycles. The molecule has 3 nitrogen and oxygen atoms in total.